The van der Waals surface area contributed by atoms with Crippen LogP contribution in [0, 0.1) is 0 Å². The Labute approximate surface area is 105 Å². The summed E-state index contributed by atoms with van der Waals surface area (Å²) >= 11 is 0. The first-order valence-corrected chi connectivity index (χ1v) is 6.48. The van der Waals surface area contributed by atoms with Crippen molar-refractivity contribution in [2.45, 2.75) is 39.5 Å². The van der Waals surface area contributed by atoms with Gasteiger partial charge in [-0.1, -0.05) is 32.9 Å². The highest BCUT2D eigenvalue weighted by Gasteiger charge is 2.14. The molecule has 0 aliphatic heterocycles. The molecule has 0 radical (unpaired) electrons. The maximum absolute atomic E-state index is 5.63. The van der Waals surface area contributed by atoms with Gasteiger partial charge in [0.25, 0.3) is 0 Å². The van der Waals surface area contributed by atoms with E-state index in [2.05, 4.69) is 38.2 Å². The number of nitrogens with one attached hydrogen (secondary N) is 1. The van der Waals surface area contributed by atoms with Crippen molar-refractivity contribution in [2.75, 3.05) is 20.7 Å². The SMILES string of the molecule is CCc1ccc(C(C)C)c(CCNC)c1OC. The van der Waals surface area contributed by atoms with E-state index in [1.54, 1.807) is 7.11 Å². The van der Waals surface area contributed by atoms with Gasteiger partial charge in [0.05, 0.1) is 7.11 Å². The first kappa shape index (κ1) is 14.0. The fourth-order valence-corrected chi connectivity index (χ4v) is 2.27. The number of ether oxygens (including phenoxy) is 1. The molecule has 0 saturated carbocycles. The van der Waals surface area contributed by atoms with Gasteiger partial charge >= 0.3 is 0 Å². The van der Waals surface area contributed by atoms with Gasteiger partial charge in [-0.2, -0.15) is 0 Å². The highest BCUT2D eigenvalue weighted by molar-refractivity contribution is 5.48. The molecule has 0 heterocycles. The summed E-state index contributed by atoms with van der Waals surface area (Å²) in [6.07, 6.45) is 2.05. The molecule has 0 aliphatic carbocycles. The van der Waals surface area contributed by atoms with Crippen LogP contribution in [0.1, 0.15) is 43.4 Å². The molecule has 1 N–H and O–H groups in total. The highest BCUT2D eigenvalue weighted by atomic mass is 16.5. The van der Waals surface area contributed by atoms with E-state index in [1.807, 2.05) is 7.05 Å². The molecule has 0 bridgehead atoms. The Morgan fingerprint density at radius 2 is 2.00 bits per heavy atom. The second-order valence-electron chi connectivity index (χ2n) is 4.69. The Morgan fingerprint density at radius 1 is 1.29 bits per heavy atom. The second kappa shape index (κ2) is 6.65. The number of hydrogen-bond donors (Lipinski definition) is 1. The summed E-state index contributed by atoms with van der Waals surface area (Å²) in [6.45, 7) is 7.64. The summed E-state index contributed by atoms with van der Waals surface area (Å²) in [5, 5.41) is 3.22. The molecule has 2 heteroatoms. The maximum atomic E-state index is 5.63. The number of likely N-dealkylation sites (N-methyl/N-ethyl adjacent to an activating group) is 1. The monoisotopic (exact) mass is 235 g/mol. The largest absolute Gasteiger partial charge is 0.496 e. The van der Waals surface area contributed by atoms with Crippen molar-refractivity contribution in [3.63, 3.8) is 0 Å². The van der Waals surface area contributed by atoms with Gasteiger partial charge in [-0.05, 0) is 49.0 Å². The van der Waals surface area contributed by atoms with Gasteiger partial charge in [-0.15, -0.1) is 0 Å². The summed E-state index contributed by atoms with van der Waals surface area (Å²) in [6, 6.07) is 4.47. The van der Waals surface area contributed by atoms with E-state index in [9.17, 15) is 0 Å². The van der Waals surface area contributed by atoms with E-state index in [0.717, 1.165) is 25.1 Å². The van der Waals surface area contributed by atoms with Crippen LogP contribution in [0.5, 0.6) is 5.75 Å². The highest BCUT2D eigenvalue weighted by Crippen LogP contribution is 2.32. The van der Waals surface area contributed by atoms with Crippen molar-refractivity contribution in [3.8, 4) is 5.75 Å². The van der Waals surface area contributed by atoms with Crippen molar-refractivity contribution in [1.29, 1.82) is 0 Å². The van der Waals surface area contributed by atoms with E-state index in [1.165, 1.54) is 16.7 Å². The summed E-state index contributed by atoms with van der Waals surface area (Å²) in [5.74, 6) is 1.63. The Kier molecular flexibility index (Phi) is 5.49. The Morgan fingerprint density at radius 3 is 2.47 bits per heavy atom. The van der Waals surface area contributed by atoms with E-state index in [-0.39, 0.29) is 0 Å². The summed E-state index contributed by atoms with van der Waals surface area (Å²) < 4.78 is 5.63. The Balaban J connectivity index is 3.23. The summed E-state index contributed by atoms with van der Waals surface area (Å²) in [4.78, 5) is 0. The van der Waals surface area contributed by atoms with Gasteiger partial charge in [0.1, 0.15) is 5.75 Å². The molecule has 0 fully saturated rings. The molecular formula is C15H25NO. The van der Waals surface area contributed by atoms with Crippen LogP contribution in [-0.2, 0) is 12.8 Å². The van der Waals surface area contributed by atoms with Crippen molar-refractivity contribution in [1.82, 2.24) is 5.32 Å². The number of hydrogen-bond acceptors (Lipinski definition) is 2. The van der Waals surface area contributed by atoms with E-state index in [4.69, 9.17) is 4.74 Å². The molecular weight excluding hydrogens is 210 g/mol. The van der Waals surface area contributed by atoms with Crippen LogP contribution >= 0.6 is 0 Å². The van der Waals surface area contributed by atoms with E-state index in [0.29, 0.717) is 5.92 Å². The standard InChI is InChI=1S/C15H25NO/c1-6-12-7-8-13(11(2)3)14(9-10-16-4)15(12)17-5/h7-8,11,16H,6,9-10H2,1-5H3. The van der Waals surface area contributed by atoms with E-state index < -0.39 is 0 Å². The topological polar surface area (TPSA) is 21.3 Å². The predicted octanol–water partition coefficient (Wildman–Crippen LogP) is 3.14. The summed E-state index contributed by atoms with van der Waals surface area (Å²) in [5.41, 5.74) is 4.09. The molecule has 17 heavy (non-hydrogen) atoms. The second-order valence-corrected chi connectivity index (χ2v) is 4.69. The van der Waals surface area contributed by atoms with Crippen LogP contribution in [0.25, 0.3) is 0 Å². The zero-order chi connectivity index (χ0) is 12.8. The molecule has 0 aliphatic rings. The lowest BCUT2D eigenvalue weighted by atomic mass is 9.91. The smallest absolute Gasteiger partial charge is 0.125 e. The quantitative estimate of drug-likeness (QED) is 0.818. The van der Waals surface area contributed by atoms with Crippen LogP contribution in [0.3, 0.4) is 0 Å². The fourth-order valence-electron chi connectivity index (χ4n) is 2.27. The van der Waals surface area contributed by atoms with Crippen molar-refractivity contribution >= 4 is 0 Å². The zero-order valence-corrected chi connectivity index (χ0v) is 11.8. The molecule has 1 aromatic carbocycles. The van der Waals surface area contributed by atoms with Gasteiger partial charge in [0.15, 0.2) is 0 Å². The average molecular weight is 235 g/mol. The molecule has 0 amide bonds. The molecule has 0 spiro atoms. The lowest BCUT2D eigenvalue weighted by molar-refractivity contribution is 0.403. The maximum Gasteiger partial charge on any atom is 0.125 e. The minimum absolute atomic E-state index is 0.543. The molecule has 0 atom stereocenters. The normalized spacial score (nSPS) is 10.9. The van der Waals surface area contributed by atoms with Gasteiger partial charge in [0.2, 0.25) is 0 Å². The third-order valence-corrected chi connectivity index (χ3v) is 3.21. The van der Waals surface area contributed by atoms with Crippen LogP contribution in [-0.4, -0.2) is 20.7 Å². The van der Waals surface area contributed by atoms with Gasteiger partial charge in [0, 0.05) is 0 Å². The molecule has 0 unspecified atom stereocenters. The molecule has 2 nitrogen and oxygen atoms in total. The molecule has 1 aromatic rings. The lowest BCUT2D eigenvalue weighted by Crippen LogP contribution is -2.13. The third-order valence-electron chi connectivity index (χ3n) is 3.21. The van der Waals surface area contributed by atoms with Gasteiger partial charge < -0.3 is 10.1 Å². The number of benzene rings is 1. The molecule has 96 valence electrons. The average Bonchev–Trinajstić information content (AvgIpc) is 2.34. The third kappa shape index (κ3) is 3.22. The molecule has 0 aromatic heterocycles. The van der Waals surface area contributed by atoms with Crippen LogP contribution in [0.2, 0.25) is 0 Å². The zero-order valence-electron chi connectivity index (χ0n) is 11.8. The van der Waals surface area contributed by atoms with E-state index >= 15 is 0 Å². The molecule has 1 rings (SSSR count). The first-order valence-electron chi connectivity index (χ1n) is 6.48. The first-order chi connectivity index (χ1) is 8.15. The van der Waals surface area contributed by atoms with Gasteiger partial charge in [-0.25, -0.2) is 0 Å². The fraction of sp³-hybridized carbons (Fsp3) is 0.600. The van der Waals surface area contributed by atoms with Crippen molar-refractivity contribution < 1.29 is 4.74 Å². The molecule has 0 saturated heterocycles. The van der Waals surface area contributed by atoms with Crippen molar-refractivity contribution in [3.05, 3.63) is 28.8 Å². The Hall–Kier alpha value is -1.02. The summed E-state index contributed by atoms with van der Waals surface area (Å²) in [7, 11) is 3.77. The van der Waals surface area contributed by atoms with Crippen LogP contribution < -0.4 is 10.1 Å². The van der Waals surface area contributed by atoms with Crippen LogP contribution in [0.4, 0.5) is 0 Å². The minimum Gasteiger partial charge on any atom is -0.496 e. The Bertz CT molecular complexity index is 358. The predicted molar refractivity (Wildman–Crippen MR) is 74.1 cm³/mol. The number of rotatable bonds is 6. The van der Waals surface area contributed by atoms with Crippen LogP contribution in [0.15, 0.2) is 12.1 Å². The number of methoxy groups -OCH3 is 1. The lowest BCUT2D eigenvalue weighted by Gasteiger charge is -2.19. The minimum atomic E-state index is 0.543. The number of aryl methyl sites for hydroxylation is 1. The van der Waals surface area contributed by atoms with Crippen molar-refractivity contribution in [2.24, 2.45) is 0 Å². The van der Waals surface area contributed by atoms with Gasteiger partial charge in [-0.3, -0.25) is 0 Å².